The Morgan fingerprint density at radius 1 is 1.50 bits per heavy atom. The molecule has 5 heteroatoms. The number of aromatic nitrogens is 2. The number of hydrogen-bond acceptors (Lipinski definition) is 3. The van der Waals surface area contributed by atoms with Gasteiger partial charge in [0.2, 0.25) is 5.91 Å². The number of aromatic amines is 1. The van der Waals surface area contributed by atoms with Crippen LogP contribution in [0.1, 0.15) is 30.7 Å². The lowest BCUT2D eigenvalue weighted by atomic mass is 9.98. The molecule has 0 bridgehead atoms. The molecule has 0 spiro atoms. The predicted octanol–water partition coefficient (Wildman–Crippen LogP) is 2.65. The molecule has 0 radical (unpaired) electrons. The third-order valence-corrected chi connectivity index (χ3v) is 4.29. The summed E-state index contributed by atoms with van der Waals surface area (Å²) < 4.78 is 5.44. The quantitative estimate of drug-likeness (QED) is 0.944. The van der Waals surface area contributed by atoms with E-state index in [9.17, 15) is 4.79 Å². The zero-order chi connectivity index (χ0) is 15.5. The Kier molecular flexibility index (Phi) is 4.43. The molecule has 2 aromatic rings. The molecule has 1 aliphatic rings. The van der Waals surface area contributed by atoms with Gasteiger partial charge < -0.3 is 14.6 Å². The Morgan fingerprint density at radius 3 is 3.09 bits per heavy atom. The number of carbonyl (C=O) groups excluding carboxylic acids is 1. The molecule has 1 fully saturated rings. The molecule has 1 N–H and O–H groups in total. The molecule has 1 atom stereocenters. The number of rotatable bonds is 4. The van der Waals surface area contributed by atoms with E-state index < -0.39 is 0 Å². The van der Waals surface area contributed by atoms with Gasteiger partial charge in [-0.3, -0.25) is 4.79 Å². The monoisotopic (exact) mass is 301 g/mol. The van der Waals surface area contributed by atoms with Crippen LogP contribution in [0, 0.1) is 12.8 Å². The fraction of sp³-hybridized carbons (Fsp3) is 0.529. The number of para-hydroxylation sites is 1. The van der Waals surface area contributed by atoms with Gasteiger partial charge >= 0.3 is 0 Å². The molecular formula is C17H23N3O2. The van der Waals surface area contributed by atoms with Crippen molar-refractivity contribution in [2.75, 3.05) is 20.3 Å². The first-order valence-corrected chi connectivity index (χ1v) is 7.89. The van der Waals surface area contributed by atoms with E-state index in [1.165, 1.54) is 0 Å². The summed E-state index contributed by atoms with van der Waals surface area (Å²) in [4.78, 5) is 22.0. The number of nitrogens with zero attached hydrogens (tertiary/aromatic N) is 2. The van der Waals surface area contributed by atoms with Gasteiger partial charge in [-0.25, -0.2) is 4.98 Å². The van der Waals surface area contributed by atoms with Gasteiger partial charge in [0.05, 0.1) is 17.6 Å². The molecule has 0 aliphatic carbocycles. The number of nitrogens with one attached hydrogen (secondary N) is 1. The van der Waals surface area contributed by atoms with Gasteiger partial charge in [-0.1, -0.05) is 12.1 Å². The molecule has 1 aromatic carbocycles. The Bertz CT molecular complexity index is 659. The van der Waals surface area contributed by atoms with Crippen LogP contribution in [0.4, 0.5) is 0 Å². The van der Waals surface area contributed by atoms with E-state index in [2.05, 4.69) is 9.97 Å². The summed E-state index contributed by atoms with van der Waals surface area (Å²) >= 11 is 0. The maximum Gasteiger partial charge on any atom is 0.223 e. The number of aryl methyl sites for hydroxylation is 1. The van der Waals surface area contributed by atoms with Crippen LogP contribution in [0.3, 0.4) is 0 Å². The van der Waals surface area contributed by atoms with Crippen molar-refractivity contribution in [1.29, 1.82) is 0 Å². The SMILES string of the molecule is Cc1cccc2[nH]c(CN(C)C(=O)C[C@H]3CCCOC3)nc12. The molecule has 1 saturated heterocycles. The number of H-pyrrole nitrogens is 1. The molecule has 1 aromatic heterocycles. The average Bonchev–Trinajstić information content (AvgIpc) is 2.92. The molecule has 1 amide bonds. The van der Waals surface area contributed by atoms with Crippen molar-refractivity contribution in [2.45, 2.75) is 32.7 Å². The lowest BCUT2D eigenvalue weighted by Gasteiger charge is -2.24. The molecule has 5 nitrogen and oxygen atoms in total. The first-order valence-electron chi connectivity index (χ1n) is 7.89. The third kappa shape index (κ3) is 3.30. The van der Waals surface area contributed by atoms with E-state index in [1.54, 1.807) is 4.90 Å². The summed E-state index contributed by atoms with van der Waals surface area (Å²) in [6.07, 6.45) is 2.71. The molecule has 3 rings (SSSR count). The number of imidazole rings is 1. The second kappa shape index (κ2) is 6.48. The number of fused-ring (bicyclic) bond motifs is 1. The Balaban J connectivity index is 1.63. The van der Waals surface area contributed by atoms with E-state index in [-0.39, 0.29) is 5.91 Å². The number of amides is 1. The van der Waals surface area contributed by atoms with Crippen LogP contribution in [0.5, 0.6) is 0 Å². The molecule has 118 valence electrons. The Labute approximate surface area is 130 Å². The average molecular weight is 301 g/mol. The maximum atomic E-state index is 12.3. The lowest BCUT2D eigenvalue weighted by molar-refractivity contribution is -0.132. The number of hydrogen-bond donors (Lipinski definition) is 1. The normalized spacial score (nSPS) is 18.5. The van der Waals surface area contributed by atoms with Crippen molar-refractivity contribution in [1.82, 2.24) is 14.9 Å². The second-order valence-electron chi connectivity index (χ2n) is 6.19. The van der Waals surface area contributed by atoms with E-state index in [4.69, 9.17) is 4.74 Å². The van der Waals surface area contributed by atoms with Crippen LogP contribution >= 0.6 is 0 Å². The minimum atomic E-state index is 0.160. The first kappa shape index (κ1) is 15.0. The summed E-state index contributed by atoms with van der Waals surface area (Å²) in [6, 6.07) is 6.07. The minimum Gasteiger partial charge on any atom is -0.381 e. The zero-order valence-corrected chi connectivity index (χ0v) is 13.3. The number of benzene rings is 1. The highest BCUT2D eigenvalue weighted by molar-refractivity contribution is 5.79. The first-order chi connectivity index (χ1) is 10.6. The highest BCUT2D eigenvalue weighted by Crippen LogP contribution is 2.19. The van der Waals surface area contributed by atoms with Crippen molar-refractivity contribution in [3.8, 4) is 0 Å². The summed E-state index contributed by atoms with van der Waals surface area (Å²) in [7, 11) is 1.84. The van der Waals surface area contributed by atoms with Crippen LogP contribution in [-0.2, 0) is 16.1 Å². The van der Waals surface area contributed by atoms with E-state index in [0.29, 0.717) is 25.5 Å². The summed E-state index contributed by atoms with van der Waals surface area (Å²) in [5, 5.41) is 0. The molecule has 0 saturated carbocycles. The maximum absolute atomic E-state index is 12.3. The van der Waals surface area contributed by atoms with Gasteiger partial charge in [0, 0.05) is 26.7 Å². The van der Waals surface area contributed by atoms with Gasteiger partial charge in [-0.2, -0.15) is 0 Å². The van der Waals surface area contributed by atoms with Crippen LogP contribution in [-0.4, -0.2) is 41.0 Å². The molecule has 0 unspecified atom stereocenters. The fourth-order valence-electron chi connectivity index (χ4n) is 2.99. The van der Waals surface area contributed by atoms with Crippen molar-refractivity contribution >= 4 is 16.9 Å². The third-order valence-electron chi connectivity index (χ3n) is 4.29. The minimum absolute atomic E-state index is 0.160. The highest BCUT2D eigenvalue weighted by atomic mass is 16.5. The largest absolute Gasteiger partial charge is 0.381 e. The second-order valence-corrected chi connectivity index (χ2v) is 6.19. The van der Waals surface area contributed by atoms with Gasteiger partial charge in [0.25, 0.3) is 0 Å². The van der Waals surface area contributed by atoms with Crippen LogP contribution in [0.25, 0.3) is 11.0 Å². The van der Waals surface area contributed by atoms with E-state index in [1.807, 2.05) is 32.2 Å². The standard InChI is InChI=1S/C17H23N3O2/c1-12-5-3-7-14-17(12)19-15(18-14)10-20(2)16(21)9-13-6-4-8-22-11-13/h3,5,7,13H,4,6,8-11H2,1-2H3,(H,18,19)/t13-/m1/s1. The van der Waals surface area contributed by atoms with E-state index in [0.717, 1.165) is 41.9 Å². The topological polar surface area (TPSA) is 58.2 Å². The predicted molar refractivity (Wildman–Crippen MR) is 85.5 cm³/mol. The van der Waals surface area contributed by atoms with Crippen molar-refractivity contribution in [3.63, 3.8) is 0 Å². The zero-order valence-electron chi connectivity index (χ0n) is 13.3. The molecule has 1 aliphatic heterocycles. The summed E-state index contributed by atoms with van der Waals surface area (Å²) in [5.74, 6) is 1.36. The molecular weight excluding hydrogens is 278 g/mol. The van der Waals surface area contributed by atoms with Crippen molar-refractivity contribution < 1.29 is 9.53 Å². The smallest absolute Gasteiger partial charge is 0.223 e. The number of carbonyl (C=O) groups is 1. The molecule has 22 heavy (non-hydrogen) atoms. The Hall–Kier alpha value is -1.88. The fourth-order valence-corrected chi connectivity index (χ4v) is 2.99. The van der Waals surface area contributed by atoms with Gasteiger partial charge in [-0.15, -0.1) is 0 Å². The van der Waals surface area contributed by atoms with E-state index >= 15 is 0 Å². The number of ether oxygens (including phenoxy) is 1. The van der Waals surface area contributed by atoms with Crippen LogP contribution in [0.2, 0.25) is 0 Å². The van der Waals surface area contributed by atoms with Gasteiger partial charge in [-0.05, 0) is 37.3 Å². The Morgan fingerprint density at radius 2 is 2.36 bits per heavy atom. The highest BCUT2D eigenvalue weighted by Gasteiger charge is 2.20. The lowest BCUT2D eigenvalue weighted by Crippen LogP contribution is -2.30. The van der Waals surface area contributed by atoms with Crippen LogP contribution < -0.4 is 0 Å². The van der Waals surface area contributed by atoms with Crippen molar-refractivity contribution in [2.24, 2.45) is 5.92 Å². The van der Waals surface area contributed by atoms with Crippen LogP contribution in [0.15, 0.2) is 18.2 Å². The summed E-state index contributed by atoms with van der Waals surface area (Å²) in [6.45, 7) is 4.10. The van der Waals surface area contributed by atoms with Gasteiger partial charge in [0.1, 0.15) is 5.82 Å². The van der Waals surface area contributed by atoms with Gasteiger partial charge in [0.15, 0.2) is 0 Å². The van der Waals surface area contributed by atoms with Crippen molar-refractivity contribution in [3.05, 3.63) is 29.6 Å². The summed E-state index contributed by atoms with van der Waals surface area (Å²) in [5.41, 5.74) is 3.16. The molecule has 2 heterocycles.